The van der Waals surface area contributed by atoms with Gasteiger partial charge in [0.05, 0.1) is 18.8 Å². The zero-order valence-electron chi connectivity index (χ0n) is 19.0. The van der Waals surface area contributed by atoms with Crippen LogP contribution in [0.15, 0.2) is 48.5 Å². The number of hydrogen-bond donors (Lipinski definition) is 1. The Hall–Kier alpha value is -2.04. The lowest BCUT2D eigenvalue weighted by Crippen LogP contribution is -2.30. The first-order valence-electron chi connectivity index (χ1n) is 11.9. The van der Waals surface area contributed by atoms with Gasteiger partial charge < -0.3 is 19.3 Å². The van der Waals surface area contributed by atoms with Crippen LogP contribution in [-0.4, -0.2) is 37.1 Å². The third-order valence-electron chi connectivity index (χ3n) is 6.13. The average Bonchev–Trinajstić information content (AvgIpc) is 2.79. The molecule has 0 radical (unpaired) electrons. The standard InChI is InChI=1S/C27H38O4/c1-2-3-4-9-16-27(28)17-14-23-10-5-7-12-25(23)30-21-19-29-20-22-31-26-13-8-6-11-24(26)15-18-27/h5-8,10-13,28H,2-4,9,14-22H2,1H3. The summed E-state index contributed by atoms with van der Waals surface area (Å²) in [5.41, 5.74) is 1.63. The summed E-state index contributed by atoms with van der Waals surface area (Å²) in [6, 6.07) is 16.3. The highest BCUT2D eigenvalue weighted by Crippen LogP contribution is 2.31. The normalized spacial score (nSPS) is 17.6. The van der Waals surface area contributed by atoms with E-state index in [1.54, 1.807) is 0 Å². The molecule has 0 unspecified atom stereocenters. The van der Waals surface area contributed by atoms with Gasteiger partial charge in [-0.1, -0.05) is 69.0 Å². The number of aliphatic hydroxyl groups is 1. The van der Waals surface area contributed by atoms with Crippen LogP contribution in [0.25, 0.3) is 0 Å². The molecule has 1 aliphatic rings. The molecule has 170 valence electrons. The van der Waals surface area contributed by atoms with Gasteiger partial charge >= 0.3 is 0 Å². The maximum Gasteiger partial charge on any atom is 0.122 e. The van der Waals surface area contributed by atoms with Crippen molar-refractivity contribution in [1.29, 1.82) is 0 Å². The molecular weight excluding hydrogens is 388 g/mol. The number of hydrogen-bond acceptors (Lipinski definition) is 4. The molecule has 0 amide bonds. The van der Waals surface area contributed by atoms with Crippen LogP contribution in [0.2, 0.25) is 0 Å². The highest BCUT2D eigenvalue weighted by molar-refractivity contribution is 5.34. The van der Waals surface area contributed by atoms with Crippen LogP contribution < -0.4 is 9.47 Å². The van der Waals surface area contributed by atoms with Crippen LogP contribution in [0.1, 0.15) is 63.0 Å². The van der Waals surface area contributed by atoms with E-state index >= 15 is 0 Å². The van der Waals surface area contributed by atoms with Crippen LogP contribution in [0, 0.1) is 0 Å². The van der Waals surface area contributed by atoms with E-state index in [4.69, 9.17) is 14.2 Å². The molecule has 0 saturated heterocycles. The Bertz CT molecular complexity index is 718. The second-order valence-corrected chi connectivity index (χ2v) is 8.56. The second-order valence-electron chi connectivity index (χ2n) is 8.56. The molecule has 1 N–H and O–H groups in total. The largest absolute Gasteiger partial charge is 0.491 e. The minimum Gasteiger partial charge on any atom is -0.491 e. The number of para-hydroxylation sites is 2. The van der Waals surface area contributed by atoms with Crippen LogP contribution in [0.4, 0.5) is 0 Å². The van der Waals surface area contributed by atoms with Crippen molar-refractivity contribution in [2.24, 2.45) is 0 Å². The molecule has 2 aromatic rings. The van der Waals surface area contributed by atoms with Gasteiger partial charge in [0.1, 0.15) is 24.7 Å². The van der Waals surface area contributed by atoms with Crippen LogP contribution in [0.5, 0.6) is 11.5 Å². The number of aryl methyl sites for hydroxylation is 2. The molecule has 0 aromatic heterocycles. The molecular formula is C27H38O4. The topological polar surface area (TPSA) is 47.9 Å². The van der Waals surface area contributed by atoms with Gasteiger partial charge in [0.2, 0.25) is 0 Å². The minimum absolute atomic E-state index is 0.509. The van der Waals surface area contributed by atoms with Crippen molar-refractivity contribution in [3.63, 3.8) is 0 Å². The molecule has 4 nitrogen and oxygen atoms in total. The van der Waals surface area contributed by atoms with E-state index in [2.05, 4.69) is 19.1 Å². The number of rotatable bonds is 5. The van der Waals surface area contributed by atoms with Crippen molar-refractivity contribution in [2.45, 2.75) is 70.3 Å². The van der Waals surface area contributed by atoms with Gasteiger partial charge in [-0.05, 0) is 55.4 Å². The molecule has 1 heterocycles. The van der Waals surface area contributed by atoms with Crippen molar-refractivity contribution >= 4 is 0 Å². The van der Waals surface area contributed by atoms with Gasteiger partial charge in [-0.2, -0.15) is 0 Å². The lowest BCUT2D eigenvalue weighted by atomic mass is 9.84. The van der Waals surface area contributed by atoms with E-state index < -0.39 is 5.60 Å². The quantitative estimate of drug-likeness (QED) is 0.619. The summed E-state index contributed by atoms with van der Waals surface area (Å²) in [7, 11) is 0. The number of unbranched alkanes of at least 4 members (excludes halogenated alkanes) is 3. The molecule has 0 atom stereocenters. The highest BCUT2D eigenvalue weighted by atomic mass is 16.5. The monoisotopic (exact) mass is 426 g/mol. The first-order valence-corrected chi connectivity index (χ1v) is 11.9. The zero-order valence-corrected chi connectivity index (χ0v) is 19.0. The molecule has 1 aliphatic heterocycles. The van der Waals surface area contributed by atoms with E-state index in [1.807, 2.05) is 36.4 Å². The van der Waals surface area contributed by atoms with Crippen molar-refractivity contribution in [2.75, 3.05) is 26.4 Å². The van der Waals surface area contributed by atoms with E-state index in [-0.39, 0.29) is 0 Å². The van der Waals surface area contributed by atoms with E-state index in [1.165, 1.54) is 19.3 Å². The maximum atomic E-state index is 11.6. The minimum atomic E-state index is -0.686. The summed E-state index contributed by atoms with van der Waals surface area (Å²) in [4.78, 5) is 0. The predicted octanol–water partition coefficient (Wildman–Crippen LogP) is 5.74. The molecule has 4 heteroatoms. The summed E-state index contributed by atoms with van der Waals surface area (Å²) >= 11 is 0. The predicted molar refractivity (Wildman–Crippen MR) is 125 cm³/mol. The lowest BCUT2D eigenvalue weighted by Gasteiger charge is -2.29. The Labute approximate surface area is 187 Å². The van der Waals surface area contributed by atoms with Crippen molar-refractivity contribution < 1.29 is 19.3 Å². The van der Waals surface area contributed by atoms with E-state index in [9.17, 15) is 5.11 Å². The van der Waals surface area contributed by atoms with Gasteiger partial charge in [0, 0.05) is 0 Å². The third-order valence-corrected chi connectivity index (χ3v) is 6.13. The van der Waals surface area contributed by atoms with Gasteiger partial charge in [-0.25, -0.2) is 0 Å². The van der Waals surface area contributed by atoms with Crippen LogP contribution in [0.3, 0.4) is 0 Å². The molecule has 0 spiro atoms. The van der Waals surface area contributed by atoms with Crippen LogP contribution >= 0.6 is 0 Å². The van der Waals surface area contributed by atoms with E-state index in [0.29, 0.717) is 26.4 Å². The van der Waals surface area contributed by atoms with Gasteiger partial charge in [0.25, 0.3) is 0 Å². The average molecular weight is 427 g/mol. The maximum absolute atomic E-state index is 11.6. The van der Waals surface area contributed by atoms with Crippen molar-refractivity contribution in [3.8, 4) is 11.5 Å². The summed E-state index contributed by atoms with van der Waals surface area (Å²) in [5, 5.41) is 11.6. The Morgan fingerprint density at radius 3 is 1.84 bits per heavy atom. The Morgan fingerprint density at radius 1 is 0.742 bits per heavy atom. The molecule has 3 rings (SSSR count). The van der Waals surface area contributed by atoms with Gasteiger partial charge in [-0.15, -0.1) is 0 Å². The summed E-state index contributed by atoms with van der Waals surface area (Å²) in [6.07, 6.45) is 8.60. The Morgan fingerprint density at radius 2 is 1.29 bits per heavy atom. The Balaban J connectivity index is 1.76. The SMILES string of the molecule is CCCCCCC1(O)CCc2ccccc2OCCOCCOc2ccccc2CC1. The molecule has 2 aromatic carbocycles. The van der Waals surface area contributed by atoms with Crippen molar-refractivity contribution in [1.82, 2.24) is 0 Å². The fourth-order valence-electron chi connectivity index (χ4n) is 4.22. The summed E-state index contributed by atoms with van der Waals surface area (Å²) in [5.74, 6) is 1.79. The van der Waals surface area contributed by atoms with Crippen LogP contribution in [-0.2, 0) is 17.6 Å². The van der Waals surface area contributed by atoms with Crippen molar-refractivity contribution in [3.05, 3.63) is 59.7 Å². The molecule has 0 aliphatic carbocycles. The molecule has 0 fully saturated rings. The second kappa shape index (κ2) is 12.7. The lowest BCUT2D eigenvalue weighted by molar-refractivity contribution is 0.0119. The molecule has 31 heavy (non-hydrogen) atoms. The van der Waals surface area contributed by atoms with Gasteiger partial charge in [0.15, 0.2) is 0 Å². The highest BCUT2D eigenvalue weighted by Gasteiger charge is 2.27. The van der Waals surface area contributed by atoms with E-state index in [0.717, 1.165) is 61.2 Å². The fraction of sp³-hybridized carbons (Fsp3) is 0.556. The molecule has 0 saturated carbocycles. The summed E-state index contributed by atoms with van der Waals surface area (Å²) < 4.78 is 17.6. The fourth-order valence-corrected chi connectivity index (χ4v) is 4.22. The Kier molecular flexibility index (Phi) is 9.70. The zero-order chi connectivity index (χ0) is 21.8. The smallest absolute Gasteiger partial charge is 0.122 e. The molecule has 0 bridgehead atoms. The summed E-state index contributed by atoms with van der Waals surface area (Å²) in [6.45, 7) is 4.30. The van der Waals surface area contributed by atoms with Gasteiger partial charge in [-0.3, -0.25) is 0 Å². The first kappa shape index (κ1) is 23.6. The number of ether oxygens (including phenoxy) is 3. The number of fused-ring (bicyclic) bond motifs is 2. The number of benzene rings is 2. The first-order chi connectivity index (χ1) is 15.2. The third kappa shape index (κ3) is 7.86.